The number of aliphatic carboxylic acids is 1. The Bertz CT molecular complexity index is 735. The molecule has 0 spiro atoms. The predicted octanol–water partition coefficient (Wildman–Crippen LogP) is 4.00. The molecule has 30 heavy (non-hydrogen) atoms. The number of aliphatic hydroxyl groups excluding tert-OH is 2. The van der Waals surface area contributed by atoms with Gasteiger partial charge in [0.25, 0.3) is 0 Å². The van der Waals surface area contributed by atoms with Crippen LogP contribution in [0.15, 0.2) is 30.4 Å². The van der Waals surface area contributed by atoms with E-state index in [0.717, 1.165) is 19.3 Å². The van der Waals surface area contributed by atoms with E-state index in [0.29, 0.717) is 19.3 Å². The van der Waals surface area contributed by atoms with Gasteiger partial charge >= 0.3 is 185 Å². The zero-order valence-corrected chi connectivity index (χ0v) is 18.9. The van der Waals surface area contributed by atoms with Crippen LogP contribution >= 0.6 is 11.3 Å². The van der Waals surface area contributed by atoms with Crippen molar-refractivity contribution in [1.29, 1.82) is 0 Å². The van der Waals surface area contributed by atoms with Gasteiger partial charge in [0.05, 0.1) is 0 Å². The fraction of sp³-hybridized carbons (Fsp3) is 0.583. The van der Waals surface area contributed by atoms with Gasteiger partial charge in [-0.25, -0.2) is 0 Å². The fourth-order valence-corrected chi connectivity index (χ4v) is 5.22. The summed E-state index contributed by atoms with van der Waals surface area (Å²) in [7, 11) is 5.82. The quantitative estimate of drug-likeness (QED) is 0.267. The molecular weight excluding hydrogens is 395 g/mol. The molecule has 1 unspecified atom stereocenters. The zero-order chi connectivity index (χ0) is 22.1. The average molecular weight is 429 g/mol. The van der Waals surface area contributed by atoms with Crippen molar-refractivity contribution in [3.8, 4) is 0 Å². The van der Waals surface area contributed by atoms with Crippen LogP contribution in [0.25, 0.3) is 0 Å². The van der Waals surface area contributed by atoms with E-state index in [2.05, 4.69) is 19.9 Å². The van der Waals surface area contributed by atoms with Gasteiger partial charge < -0.3 is 0 Å². The molecule has 1 aliphatic carbocycles. The molecule has 1 aromatic heterocycles. The van der Waals surface area contributed by atoms with Crippen LogP contribution in [-0.2, 0) is 11.2 Å². The summed E-state index contributed by atoms with van der Waals surface area (Å²) in [4.78, 5) is 13.2. The molecular formula is C24H34BO4S. The Morgan fingerprint density at radius 2 is 2.13 bits per heavy atom. The van der Waals surface area contributed by atoms with Gasteiger partial charge in [-0.05, 0) is 0 Å². The van der Waals surface area contributed by atoms with E-state index in [1.54, 1.807) is 17.3 Å². The van der Waals surface area contributed by atoms with Gasteiger partial charge in [-0.3, -0.25) is 0 Å². The number of carboxylic acid groups (broad SMARTS) is 1. The van der Waals surface area contributed by atoms with Crippen LogP contribution in [0.5, 0.6) is 0 Å². The number of hydrogen-bond acceptors (Lipinski definition) is 4. The van der Waals surface area contributed by atoms with E-state index in [1.807, 2.05) is 24.3 Å². The number of allylic oxidation sites excluding steroid dienone is 3. The molecule has 4 nitrogen and oxygen atoms in total. The summed E-state index contributed by atoms with van der Waals surface area (Å²) in [5.74, 6) is 1.13. The SMILES string of the molecule is [B]=C[C@@H]1CC(O)[C@H](C/C=C\CCCC(=O)O)[C@H]1/C=C/[C@@H](O)CCc1cc(C)c(C)s1. The Balaban J connectivity index is 1.89. The van der Waals surface area contributed by atoms with Crippen LogP contribution in [0, 0.1) is 31.6 Å². The van der Waals surface area contributed by atoms with E-state index in [1.165, 1.54) is 15.3 Å². The van der Waals surface area contributed by atoms with Crippen LogP contribution in [0.2, 0.25) is 0 Å². The molecule has 1 aliphatic rings. The van der Waals surface area contributed by atoms with E-state index in [-0.39, 0.29) is 24.2 Å². The number of unbranched alkanes of at least 4 members (excludes halogenated alkanes) is 1. The second-order valence-corrected chi connectivity index (χ2v) is 9.68. The molecule has 0 amide bonds. The number of hydrogen-bond donors (Lipinski definition) is 3. The van der Waals surface area contributed by atoms with Crippen molar-refractivity contribution in [2.24, 2.45) is 17.8 Å². The van der Waals surface area contributed by atoms with Gasteiger partial charge in [0.1, 0.15) is 0 Å². The molecule has 3 N–H and O–H groups in total. The average Bonchev–Trinajstić information content (AvgIpc) is 3.19. The third-order valence-corrected chi connectivity index (χ3v) is 7.25. The third-order valence-electron chi connectivity index (χ3n) is 6.04. The van der Waals surface area contributed by atoms with Gasteiger partial charge in [-0.15, -0.1) is 0 Å². The normalized spacial score (nSPS) is 25.3. The van der Waals surface area contributed by atoms with Crippen molar-refractivity contribution in [3.05, 3.63) is 45.7 Å². The Morgan fingerprint density at radius 1 is 1.37 bits per heavy atom. The van der Waals surface area contributed by atoms with Gasteiger partial charge in [-0.2, -0.15) is 0 Å². The van der Waals surface area contributed by atoms with E-state index >= 15 is 0 Å². The first-order valence-electron chi connectivity index (χ1n) is 10.8. The summed E-state index contributed by atoms with van der Waals surface area (Å²) in [6.07, 6.45) is 11.4. The molecule has 0 saturated heterocycles. The monoisotopic (exact) mass is 429 g/mol. The molecule has 5 atom stereocenters. The summed E-state index contributed by atoms with van der Waals surface area (Å²) in [6, 6.07) is 2.20. The van der Waals surface area contributed by atoms with Crippen molar-refractivity contribution < 1.29 is 20.1 Å². The van der Waals surface area contributed by atoms with Crippen molar-refractivity contribution in [1.82, 2.24) is 0 Å². The zero-order valence-electron chi connectivity index (χ0n) is 18.0. The Labute approximate surface area is 185 Å². The van der Waals surface area contributed by atoms with Crippen LogP contribution in [0.4, 0.5) is 0 Å². The van der Waals surface area contributed by atoms with E-state index in [4.69, 9.17) is 12.6 Å². The van der Waals surface area contributed by atoms with Gasteiger partial charge in [0.15, 0.2) is 0 Å². The molecule has 1 aromatic rings. The maximum absolute atomic E-state index is 10.6. The summed E-state index contributed by atoms with van der Waals surface area (Å²) in [6.45, 7) is 4.23. The number of thiophene rings is 1. The number of aryl methyl sites for hydroxylation is 3. The first kappa shape index (κ1) is 24.8. The number of aliphatic hydroxyl groups is 2. The number of carbonyl (C=O) groups is 1. The van der Waals surface area contributed by atoms with Crippen LogP contribution in [-0.4, -0.2) is 47.0 Å². The van der Waals surface area contributed by atoms with Gasteiger partial charge in [0.2, 0.25) is 0 Å². The Hall–Kier alpha value is -1.50. The second kappa shape index (κ2) is 12.4. The van der Waals surface area contributed by atoms with Gasteiger partial charge in [-0.1, -0.05) is 0 Å². The first-order chi connectivity index (χ1) is 14.3. The molecule has 1 heterocycles. The van der Waals surface area contributed by atoms with Crippen LogP contribution < -0.4 is 0 Å². The fourth-order valence-electron chi connectivity index (χ4n) is 4.15. The number of rotatable bonds is 12. The standard InChI is InChI=1S/C24H34BO4S/c1-16-13-20(30-17(16)2)11-9-19(26)10-12-21-18(15-25)14-23(27)22(21)7-5-3-4-6-8-24(28)29/h3,5,10,12-13,15,18-19,21-23,26-27H,4,6-9,11,14H2,1-2H3,(H,28,29)/b5-3-,12-10+/t18-,19-,21-,22+,23?/m0/s1. The molecule has 0 aromatic carbocycles. The van der Waals surface area contributed by atoms with Crippen LogP contribution in [0.3, 0.4) is 0 Å². The maximum atomic E-state index is 10.6. The second-order valence-electron chi connectivity index (χ2n) is 8.34. The van der Waals surface area contributed by atoms with E-state index < -0.39 is 18.2 Å². The van der Waals surface area contributed by atoms with Crippen molar-refractivity contribution in [2.45, 2.75) is 71.0 Å². The molecule has 0 aliphatic heterocycles. The first-order valence-corrected chi connectivity index (χ1v) is 11.7. The predicted molar refractivity (Wildman–Crippen MR) is 125 cm³/mol. The molecule has 0 bridgehead atoms. The topological polar surface area (TPSA) is 77.8 Å². The molecule has 1 saturated carbocycles. The molecule has 1 radical (unpaired) electrons. The van der Waals surface area contributed by atoms with Crippen LogP contribution in [0.1, 0.15) is 53.8 Å². The Morgan fingerprint density at radius 3 is 2.77 bits per heavy atom. The summed E-state index contributed by atoms with van der Waals surface area (Å²) >= 11 is 1.79. The van der Waals surface area contributed by atoms with Gasteiger partial charge in [0, 0.05) is 0 Å². The van der Waals surface area contributed by atoms with Crippen molar-refractivity contribution >= 4 is 30.8 Å². The third kappa shape index (κ3) is 7.64. The van der Waals surface area contributed by atoms with E-state index in [9.17, 15) is 15.0 Å². The van der Waals surface area contributed by atoms with Crippen molar-refractivity contribution in [3.63, 3.8) is 0 Å². The summed E-state index contributed by atoms with van der Waals surface area (Å²) < 4.78 is 0. The molecule has 6 heteroatoms. The molecule has 2 rings (SSSR count). The summed E-state index contributed by atoms with van der Waals surface area (Å²) in [5, 5.41) is 29.6. The Kier molecular flexibility index (Phi) is 10.2. The number of carboxylic acids is 1. The summed E-state index contributed by atoms with van der Waals surface area (Å²) in [5.41, 5.74) is 1.31. The molecule has 163 valence electrons. The molecule has 1 fully saturated rings. The minimum absolute atomic E-state index is 0.0524. The minimum atomic E-state index is -0.774. The van der Waals surface area contributed by atoms with Crippen molar-refractivity contribution in [2.75, 3.05) is 0 Å².